The first-order valence-corrected chi connectivity index (χ1v) is 13.3. The van der Waals surface area contributed by atoms with Crippen LogP contribution in [0.4, 0.5) is 5.69 Å². The Hall–Kier alpha value is -3.69. The van der Waals surface area contributed by atoms with Crippen LogP contribution in [0.2, 0.25) is 0 Å². The summed E-state index contributed by atoms with van der Waals surface area (Å²) >= 11 is 1.39. The molecule has 5 rings (SSSR count). The average Bonchev–Trinajstić information content (AvgIpc) is 3.53. The van der Waals surface area contributed by atoms with Gasteiger partial charge in [0.15, 0.2) is 11.6 Å². The molecular weight excluding hydrogens is 466 g/mol. The van der Waals surface area contributed by atoms with E-state index in [1.54, 1.807) is 0 Å². The molecule has 36 heavy (non-hydrogen) atoms. The zero-order valence-corrected chi connectivity index (χ0v) is 21.2. The molecule has 2 aromatic heterocycles. The summed E-state index contributed by atoms with van der Waals surface area (Å²) in [5.41, 5.74) is 10.4. The van der Waals surface area contributed by atoms with Gasteiger partial charge in [-0.15, -0.1) is 17.8 Å². The number of anilines is 1. The molecule has 5 nitrogen and oxygen atoms in total. The van der Waals surface area contributed by atoms with Crippen molar-refractivity contribution in [1.82, 2.24) is 9.55 Å². The van der Waals surface area contributed by atoms with Crippen molar-refractivity contribution in [2.24, 2.45) is 5.92 Å². The van der Waals surface area contributed by atoms with Crippen molar-refractivity contribution in [3.63, 3.8) is 0 Å². The van der Waals surface area contributed by atoms with Crippen LogP contribution < -0.4 is 5.73 Å². The van der Waals surface area contributed by atoms with Crippen molar-refractivity contribution >= 4 is 39.6 Å². The summed E-state index contributed by atoms with van der Waals surface area (Å²) in [7, 11) is 0. The first kappa shape index (κ1) is 24.0. The maximum absolute atomic E-state index is 13.0. The van der Waals surface area contributed by atoms with Gasteiger partial charge in [0, 0.05) is 35.7 Å². The first-order chi connectivity index (χ1) is 17.5. The van der Waals surface area contributed by atoms with Crippen LogP contribution in [0.15, 0.2) is 54.6 Å². The Morgan fingerprint density at radius 3 is 2.72 bits per heavy atom. The van der Waals surface area contributed by atoms with Gasteiger partial charge in [-0.1, -0.05) is 31.4 Å². The monoisotopic (exact) mass is 495 g/mol. The number of carbonyl (C=O) groups is 2. The van der Waals surface area contributed by atoms with Gasteiger partial charge in [-0.2, -0.15) is 0 Å². The molecule has 2 N–H and O–H groups in total. The number of aromatic nitrogens is 2. The van der Waals surface area contributed by atoms with Gasteiger partial charge in [0.25, 0.3) is 0 Å². The lowest BCUT2D eigenvalue weighted by molar-refractivity contribution is 0.0944. The molecule has 0 spiro atoms. The molecule has 0 unspecified atom stereocenters. The minimum Gasteiger partial charge on any atom is -0.398 e. The van der Waals surface area contributed by atoms with Crippen LogP contribution in [-0.4, -0.2) is 21.1 Å². The number of hydrogen-bond donors (Lipinski definition) is 1. The Balaban J connectivity index is 1.50. The molecular formula is C30H29N3O2S. The van der Waals surface area contributed by atoms with E-state index < -0.39 is 0 Å². The Morgan fingerprint density at radius 2 is 1.97 bits per heavy atom. The van der Waals surface area contributed by atoms with E-state index in [2.05, 4.69) is 10.5 Å². The van der Waals surface area contributed by atoms with Crippen LogP contribution in [0, 0.1) is 18.3 Å². The van der Waals surface area contributed by atoms with Crippen LogP contribution in [-0.2, 0) is 0 Å². The molecule has 4 aromatic rings. The average molecular weight is 496 g/mol. The number of ketones is 2. The van der Waals surface area contributed by atoms with Crippen LogP contribution in [0.25, 0.3) is 22.4 Å². The Kier molecular flexibility index (Phi) is 6.75. The number of rotatable bonds is 7. The number of thiophene rings is 1. The standard InChI is InChI=1S/C30H29N3O2S/c1-3-22-13-15-29(36-22)28(35)17-19-8-7-9-21(16-19)33-26-14-12-20(27(34)4-2)18-25(26)32-30(33)23-10-5-6-11-24(23)31/h1,5-6,10-15,18-19,21H,4,7-9,16-17,31H2,2H3/t19-,21+/m1/s1. The lowest BCUT2D eigenvalue weighted by Gasteiger charge is -2.31. The second-order valence-corrected chi connectivity index (χ2v) is 10.6. The van der Waals surface area contributed by atoms with E-state index in [0.29, 0.717) is 24.1 Å². The predicted molar refractivity (Wildman–Crippen MR) is 146 cm³/mol. The van der Waals surface area contributed by atoms with E-state index in [-0.39, 0.29) is 23.5 Å². The minimum atomic E-state index is 0.102. The molecule has 2 atom stereocenters. The number of benzene rings is 2. The summed E-state index contributed by atoms with van der Waals surface area (Å²) in [5.74, 6) is 3.98. The van der Waals surface area contributed by atoms with Gasteiger partial charge in [0.05, 0.1) is 20.8 Å². The molecule has 0 amide bonds. The third kappa shape index (κ3) is 4.59. The summed E-state index contributed by atoms with van der Waals surface area (Å²) in [4.78, 5) is 31.9. The number of nitrogens with two attached hydrogens (primary N) is 1. The number of carbonyl (C=O) groups excluding carboxylic acids is 2. The van der Waals surface area contributed by atoms with Crippen LogP contribution in [0.5, 0.6) is 0 Å². The van der Waals surface area contributed by atoms with Crippen LogP contribution in [0.3, 0.4) is 0 Å². The van der Waals surface area contributed by atoms with E-state index in [4.69, 9.17) is 17.1 Å². The van der Waals surface area contributed by atoms with E-state index in [1.165, 1.54) is 11.3 Å². The Labute approximate surface area is 215 Å². The maximum atomic E-state index is 13.0. The molecule has 0 aliphatic heterocycles. The fraction of sp³-hybridized carbons (Fsp3) is 0.300. The van der Waals surface area contributed by atoms with Crippen LogP contribution >= 0.6 is 11.3 Å². The van der Waals surface area contributed by atoms with E-state index in [0.717, 1.165) is 57.9 Å². The largest absolute Gasteiger partial charge is 0.398 e. The normalized spacial score (nSPS) is 17.7. The van der Waals surface area contributed by atoms with Crippen molar-refractivity contribution in [1.29, 1.82) is 0 Å². The van der Waals surface area contributed by atoms with Crippen LogP contribution in [0.1, 0.15) is 76.4 Å². The first-order valence-electron chi connectivity index (χ1n) is 12.5. The SMILES string of the molecule is C#Cc1ccc(C(=O)C[C@@H]2CCC[C@H](n3c(-c4ccccc4N)nc4cc(C(=O)CC)ccc43)C2)s1. The smallest absolute Gasteiger partial charge is 0.173 e. The highest BCUT2D eigenvalue weighted by Gasteiger charge is 2.29. The van der Waals surface area contributed by atoms with Crippen molar-refractivity contribution in [2.75, 3.05) is 5.73 Å². The molecule has 2 aromatic carbocycles. The van der Waals surface area contributed by atoms with Gasteiger partial charge in [-0.05, 0) is 67.6 Å². The molecule has 0 radical (unpaired) electrons. The van der Waals surface area contributed by atoms with E-state index >= 15 is 0 Å². The second kappa shape index (κ2) is 10.1. The molecule has 1 saturated carbocycles. The van der Waals surface area contributed by atoms with Gasteiger partial charge in [0.1, 0.15) is 5.82 Å². The number of fused-ring (bicyclic) bond motifs is 1. The highest BCUT2D eigenvalue weighted by molar-refractivity contribution is 7.14. The lowest BCUT2D eigenvalue weighted by atomic mass is 9.82. The van der Waals surface area contributed by atoms with Crippen molar-refractivity contribution in [3.8, 4) is 23.7 Å². The lowest BCUT2D eigenvalue weighted by Crippen LogP contribution is -2.22. The summed E-state index contributed by atoms with van der Waals surface area (Å²) in [6.07, 6.45) is 10.4. The number of nitrogens with zero attached hydrogens (tertiary/aromatic N) is 2. The molecule has 0 bridgehead atoms. The third-order valence-electron chi connectivity index (χ3n) is 7.15. The molecule has 1 fully saturated rings. The Morgan fingerprint density at radius 1 is 1.14 bits per heavy atom. The molecule has 182 valence electrons. The highest BCUT2D eigenvalue weighted by atomic mass is 32.1. The minimum absolute atomic E-state index is 0.102. The molecule has 6 heteroatoms. The van der Waals surface area contributed by atoms with Crippen molar-refractivity contribution < 1.29 is 9.59 Å². The van der Waals surface area contributed by atoms with Crippen molar-refractivity contribution in [2.45, 2.75) is 51.5 Å². The summed E-state index contributed by atoms with van der Waals surface area (Å²) < 4.78 is 2.29. The number of Topliss-reactive ketones (excluding diaryl/α,β-unsaturated/α-hetero) is 2. The molecule has 2 heterocycles. The molecule has 1 aliphatic rings. The van der Waals surface area contributed by atoms with Gasteiger partial charge < -0.3 is 10.3 Å². The van der Waals surface area contributed by atoms with Gasteiger partial charge in [-0.25, -0.2) is 4.98 Å². The summed E-state index contributed by atoms with van der Waals surface area (Å²) in [6, 6.07) is 17.4. The quantitative estimate of drug-likeness (QED) is 0.171. The fourth-order valence-corrected chi connectivity index (χ4v) is 6.11. The number of terminal acetylenes is 1. The zero-order valence-electron chi connectivity index (χ0n) is 20.4. The van der Waals surface area contributed by atoms with Gasteiger partial charge >= 0.3 is 0 Å². The summed E-state index contributed by atoms with van der Waals surface area (Å²) in [5, 5.41) is 0. The van der Waals surface area contributed by atoms with Gasteiger partial charge in [-0.3, -0.25) is 9.59 Å². The Bertz CT molecular complexity index is 1490. The van der Waals surface area contributed by atoms with Gasteiger partial charge in [0.2, 0.25) is 0 Å². The maximum Gasteiger partial charge on any atom is 0.173 e. The number of hydrogen-bond acceptors (Lipinski definition) is 5. The zero-order chi connectivity index (χ0) is 25.2. The highest BCUT2D eigenvalue weighted by Crippen LogP contribution is 2.41. The number of para-hydroxylation sites is 1. The number of imidazole rings is 1. The summed E-state index contributed by atoms with van der Waals surface area (Å²) in [6.45, 7) is 1.87. The fourth-order valence-electron chi connectivity index (χ4n) is 5.35. The third-order valence-corrected chi connectivity index (χ3v) is 8.21. The number of nitrogen functional groups attached to an aromatic ring is 1. The van der Waals surface area contributed by atoms with E-state index in [1.807, 2.05) is 61.5 Å². The molecule has 0 saturated heterocycles. The predicted octanol–water partition coefficient (Wildman–Crippen LogP) is 6.93. The molecule has 1 aliphatic carbocycles. The van der Waals surface area contributed by atoms with Crippen molar-refractivity contribution in [3.05, 3.63) is 69.9 Å². The topological polar surface area (TPSA) is 78.0 Å². The second-order valence-electron chi connectivity index (χ2n) is 9.49. The van der Waals surface area contributed by atoms with E-state index in [9.17, 15) is 9.59 Å².